The van der Waals surface area contributed by atoms with Gasteiger partial charge in [0.15, 0.2) is 0 Å². The summed E-state index contributed by atoms with van der Waals surface area (Å²) in [6.07, 6.45) is 6.86. The predicted octanol–water partition coefficient (Wildman–Crippen LogP) is 7.96. The first-order chi connectivity index (χ1) is 20.7. The number of carboxylic acids is 1. The summed E-state index contributed by atoms with van der Waals surface area (Å²) in [5, 5.41) is 12.5. The molecule has 4 aliphatic carbocycles. The number of rotatable bonds is 10. The number of thiophene rings is 1. The second-order valence-electron chi connectivity index (χ2n) is 15.2. The van der Waals surface area contributed by atoms with Crippen LogP contribution in [0.25, 0.3) is 0 Å². The zero-order valence-corrected chi connectivity index (χ0v) is 29.3. The normalized spacial score (nSPS) is 36.1. The number of carbonyl (C=O) groups excluding carboxylic acids is 3. The van der Waals surface area contributed by atoms with Crippen LogP contribution in [0.15, 0.2) is 15.9 Å². The van der Waals surface area contributed by atoms with E-state index in [4.69, 9.17) is 9.84 Å². The molecule has 2 unspecified atom stereocenters. The first-order valence-electron chi connectivity index (χ1n) is 16.7. The number of nitrogens with one attached hydrogen (secondary N) is 1. The lowest BCUT2D eigenvalue weighted by Gasteiger charge is -2.62. The van der Waals surface area contributed by atoms with Gasteiger partial charge in [0.2, 0.25) is 5.91 Å². The molecule has 0 aromatic carbocycles. The zero-order chi connectivity index (χ0) is 32.0. The lowest BCUT2D eigenvalue weighted by atomic mass is 9.43. The van der Waals surface area contributed by atoms with Crippen LogP contribution in [-0.4, -0.2) is 34.8 Å². The summed E-state index contributed by atoms with van der Waals surface area (Å²) in [5.74, 6) is 1.02. The number of hydrogen-bond acceptors (Lipinski definition) is 6. The standard InChI is InChI=1S/C35H50BrNO6S/c1-19(2)33(27-8-9-28(36)44-27)37-29(39)16-20(3)23-6-7-24-32-25(13-15-35(23,24)5)34(4)14-12-22(38)17-21(34)18-26(32)43-31(42)11-10-30(40)41/h8-9,19-21,23-26,32-33H,6-7,10-18H2,1-5H3,(H,37,39)(H,40,41)/t20-,21+,23?,24+,25+,26-,32+,33?,34+,35-/m1/s1. The Hall–Kier alpha value is -1.74. The van der Waals surface area contributed by atoms with Gasteiger partial charge in [-0.05, 0) is 113 Å². The van der Waals surface area contributed by atoms with Crippen LogP contribution in [0.2, 0.25) is 0 Å². The van der Waals surface area contributed by atoms with Crippen LogP contribution < -0.4 is 5.32 Å². The topological polar surface area (TPSA) is 110 Å². The molecule has 7 nitrogen and oxygen atoms in total. The maximum absolute atomic E-state index is 13.5. The summed E-state index contributed by atoms with van der Waals surface area (Å²) >= 11 is 5.23. The number of esters is 1. The van der Waals surface area contributed by atoms with Gasteiger partial charge >= 0.3 is 11.9 Å². The summed E-state index contributed by atoms with van der Waals surface area (Å²) in [4.78, 5) is 51.2. The van der Waals surface area contributed by atoms with Crippen molar-refractivity contribution in [1.82, 2.24) is 5.32 Å². The van der Waals surface area contributed by atoms with Crippen LogP contribution in [0.4, 0.5) is 0 Å². The lowest BCUT2D eigenvalue weighted by molar-refractivity contribution is -0.191. The second kappa shape index (κ2) is 13.2. The molecular formula is C35H50BrNO6S. The van der Waals surface area contributed by atoms with Gasteiger partial charge in [0.1, 0.15) is 11.9 Å². The minimum Gasteiger partial charge on any atom is -0.481 e. The summed E-state index contributed by atoms with van der Waals surface area (Å²) in [6, 6.07) is 4.12. The number of hydrogen-bond donors (Lipinski definition) is 2. The smallest absolute Gasteiger partial charge is 0.306 e. The van der Waals surface area contributed by atoms with Gasteiger partial charge in [-0.1, -0.05) is 34.6 Å². The van der Waals surface area contributed by atoms with E-state index in [1.54, 1.807) is 11.3 Å². The molecule has 1 heterocycles. The Labute approximate surface area is 274 Å². The van der Waals surface area contributed by atoms with E-state index < -0.39 is 11.9 Å². The molecule has 1 amide bonds. The summed E-state index contributed by atoms with van der Waals surface area (Å²) in [5.41, 5.74) is 0.0897. The molecule has 9 heteroatoms. The maximum Gasteiger partial charge on any atom is 0.306 e. The monoisotopic (exact) mass is 691 g/mol. The Morgan fingerprint density at radius 3 is 2.45 bits per heavy atom. The molecule has 10 atom stereocenters. The van der Waals surface area contributed by atoms with Gasteiger partial charge in [-0.25, -0.2) is 0 Å². The van der Waals surface area contributed by atoms with Gasteiger partial charge in [0.25, 0.3) is 0 Å². The molecule has 0 spiro atoms. The van der Waals surface area contributed by atoms with Crippen LogP contribution in [0.1, 0.15) is 116 Å². The molecule has 1 aromatic heterocycles. The van der Waals surface area contributed by atoms with Gasteiger partial charge in [-0.2, -0.15) is 0 Å². The molecular weight excluding hydrogens is 642 g/mol. The third kappa shape index (κ3) is 6.56. The summed E-state index contributed by atoms with van der Waals surface area (Å²) in [7, 11) is 0. The molecule has 4 fully saturated rings. The van der Waals surface area contributed by atoms with Gasteiger partial charge in [-0.3, -0.25) is 19.2 Å². The van der Waals surface area contributed by atoms with E-state index in [0.717, 1.165) is 40.8 Å². The fourth-order valence-corrected chi connectivity index (χ4v) is 11.9. The SMILES string of the molecule is CC(C)C(NC(=O)C[C@@H](C)C1CC[C@H]2[C@@H]3[C@H](OC(=O)CCC(=O)O)C[C@@H]4CC(=O)CC[C@]4(C)[C@H]3CC[C@]12C)c1ccc(Br)s1. The Kier molecular flexibility index (Phi) is 10.1. The molecule has 5 rings (SSSR count). The number of Topliss-reactive ketones (excluding diaryl/α,β-unsaturated/α-hetero) is 1. The Morgan fingerprint density at radius 2 is 1.80 bits per heavy atom. The third-order valence-corrected chi connectivity index (χ3v) is 14.2. The van der Waals surface area contributed by atoms with E-state index >= 15 is 0 Å². The Morgan fingerprint density at radius 1 is 1.07 bits per heavy atom. The molecule has 0 aliphatic heterocycles. The van der Waals surface area contributed by atoms with Crippen molar-refractivity contribution in [2.24, 2.45) is 52.3 Å². The molecule has 0 bridgehead atoms. The second-order valence-corrected chi connectivity index (χ2v) is 17.7. The number of ketones is 1. The zero-order valence-electron chi connectivity index (χ0n) is 26.9. The van der Waals surface area contributed by atoms with Crippen molar-refractivity contribution in [2.75, 3.05) is 0 Å². The molecule has 0 saturated heterocycles. The van der Waals surface area contributed by atoms with Gasteiger partial charge in [0.05, 0.1) is 22.7 Å². The number of aliphatic carboxylic acids is 1. The quantitative estimate of drug-likeness (QED) is 0.241. The predicted molar refractivity (Wildman–Crippen MR) is 174 cm³/mol. The van der Waals surface area contributed by atoms with Crippen molar-refractivity contribution in [3.63, 3.8) is 0 Å². The molecule has 4 aliphatic rings. The van der Waals surface area contributed by atoms with E-state index in [-0.39, 0.29) is 65.4 Å². The van der Waals surface area contributed by atoms with E-state index in [0.29, 0.717) is 49.2 Å². The Balaban J connectivity index is 1.33. The van der Waals surface area contributed by atoms with Crippen LogP contribution in [0, 0.1) is 52.3 Å². The average Bonchev–Trinajstić information content (AvgIpc) is 3.53. The fourth-order valence-electron chi connectivity index (χ4n) is 10.3. The van der Waals surface area contributed by atoms with Crippen molar-refractivity contribution in [3.05, 3.63) is 20.8 Å². The first-order valence-corrected chi connectivity index (χ1v) is 18.3. The van der Waals surface area contributed by atoms with Crippen molar-refractivity contribution in [2.45, 2.75) is 117 Å². The highest BCUT2D eigenvalue weighted by Crippen LogP contribution is 2.68. The van der Waals surface area contributed by atoms with Crippen LogP contribution in [0.3, 0.4) is 0 Å². The molecule has 4 saturated carbocycles. The molecule has 0 radical (unpaired) electrons. The minimum absolute atomic E-state index is 0.0109. The van der Waals surface area contributed by atoms with Crippen molar-refractivity contribution >= 4 is 50.9 Å². The third-order valence-electron chi connectivity index (χ3n) is 12.5. The van der Waals surface area contributed by atoms with E-state index in [2.05, 4.69) is 61.9 Å². The average molecular weight is 693 g/mol. The van der Waals surface area contributed by atoms with E-state index in [1.807, 2.05) is 6.07 Å². The molecule has 2 N–H and O–H groups in total. The van der Waals surface area contributed by atoms with E-state index in [9.17, 15) is 19.2 Å². The first kappa shape index (κ1) is 33.6. The summed E-state index contributed by atoms with van der Waals surface area (Å²) in [6.45, 7) is 11.3. The Bertz CT molecular complexity index is 1260. The van der Waals surface area contributed by atoms with Gasteiger partial charge < -0.3 is 15.2 Å². The largest absolute Gasteiger partial charge is 0.481 e. The summed E-state index contributed by atoms with van der Waals surface area (Å²) < 4.78 is 7.25. The highest BCUT2D eigenvalue weighted by atomic mass is 79.9. The van der Waals surface area contributed by atoms with E-state index in [1.165, 1.54) is 0 Å². The van der Waals surface area contributed by atoms with Crippen molar-refractivity contribution < 1.29 is 29.0 Å². The van der Waals surface area contributed by atoms with Crippen molar-refractivity contribution in [1.29, 1.82) is 0 Å². The number of amides is 1. The van der Waals surface area contributed by atoms with Gasteiger partial charge in [0, 0.05) is 30.1 Å². The van der Waals surface area contributed by atoms with Crippen LogP contribution in [-0.2, 0) is 23.9 Å². The molecule has 244 valence electrons. The number of carboxylic acid groups (broad SMARTS) is 1. The van der Waals surface area contributed by atoms with Crippen LogP contribution >= 0.6 is 27.3 Å². The number of fused-ring (bicyclic) bond motifs is 5. The van der Waals surface area contributed by atoms with Crippen molar-refractivity contribution in [3.8, 4) is 0 Å². The minimum atomic E-state index is -1.00. The maximum atomic E-state index is 13.5. The highest BCUT2D eigenvalue weighted by Gasteiger charge is 2.64. The highest BCUT2D eigenvalue weighted by molar-refractivity contribution is 9.11. The fraction of sp³-hybridized carbons (Fsp3) is 0.771. The number of carbonyl (C=O) groups is 4. The molecule has 44 heavy (non-hydrogen) atoms. The lowest BCUT2D eigenvalue weighted by Crippen LogP contribution is -2.59. The van der Waals surface area contributed by atoms with Gasteiger partial charge in [-0.15, -0.1) is 11.3 Å². The number of halogens is 1. The number of ether oxygens (including phenoxy) is 1. The molecule has 1 aromatic rings. The van der Waals surface area contributed by atoms with Crippen LogP contribution in [0.5, 0.6) is 0 Å².